The number of carbonyl (C=O) groups is 1. The number of anilines is 1. The summed E-state index contributed by atoms with van der Waals surface area (Å²) in [7, 11) is 1.86. The minimum absolute atomic E-state index is 0.124. The van der Waals surface area contributed by atoms with Gasteiger partial charge in [0.05, 0.1) is 6.04 Å². The zero-order chi connectivity index (χ0) is 17.8. The van der Waals surface area contributed by atoms with Gasteiger partial charge in [-0.1, -0.05) is 12.1 Å². The normalized spacial score (nSPS) is 14.2. The molecule has 0 unspecified atom stereocenters. The Balaban J connectivity index is 1.60. The van der Waals surface area contributed by atoms with Crippen LogP contribution in [0.2, 0.25) is 0 Å². The van der Waals surface area contributed by atoms with Crippen molar-refractivity contribution < 1.29 is 18.7 Å². The van der Waals surface area contributed by atoms with Crippen LogP contribution in [-0.2, 0) is 11.3 Å². The number of carbonyl (C=O) groups excluding carboxylic acids is 1. The summed E-state index contributed by atoms with van der Waals surface area (Å²) in [4.78, 5) is 14.4. The van der Waals surface area contributed by atoms with E-state index in [4.69, 9.17) is 9.47 Å². The zero-order valence-electron chi connectivity index (χ0n) is 14.3. The third-order valence-corrected chi connectivity index (χ3v) is 4.20. The molecule has 1 aliphatic rings. The molecule has 0 bridgehead atoms. The van der Waals surface area contributed by atoms with E-state index in [0.717, 1.165) is 5.56 Å². The fraction of sp³-hybridized carbons (Fsp3) is 0.316. The van der Waals surface area contributed by atoms with Crippen molar-refractivity contribution in [3.63, 3.8) is 0 Å². The molecule has 25 heavy (non-hydrogen) atoms. The van der Waals surface area contributed by atoms with Crippen LogP contribution in [-0.4, -0.2) is 37.1 Å². The van der Waals surface area contributed by atoms with Crippen molar-refractivity contribution in [2.24, 2.45) is 0 Å². The predicted molar refractivity (Wildman–Crippen MR) is 93.4 cm³/mol. The van der Waals surface area contributed by atoms with E-state index in [1.165, 1.54) is 12.1 Å². The van der Waals surface area contributed by atoms with Crippen molar-refractivity contribution in [2.45, 2.75) is 19.5 Å². The second-order valence-corrected chi connectivity index (χ2v) is 6.07. The van der Waals surface area contributed by atoms with E-state index < -0.39 is 0 Å². The van der Waals surface area contributed by atoms with Crippen LogP contribution < -0.4 is 14.8 Å². The lowest BCUT2D eigenvalue weighted by atomic mass is 10.2. The second-order valence-electron chi connectivity index (χ2n) is 6.07. The standard InChI is InChI=1S/C19H21FN2O3/c1-13(22(2)12-14-3-5-15(20)6-4-14)19(23)21-16-7-8-17-18(11-16)25-10-9-24-17/h3-8,11,13H,9-10,12H2,1-2H3,(H,21,23)/t13-/m1/s1. The van der Waals surface area contributed by atoms with E-state index in [1.807, 2.05) is 18.9 Å². The van der Waals surface area contributed by atoms with Crippen LogP contribution in [0.25, 0.3) is 0 Å². The molecule has 132 valence electrons. The van der Waals surface area contributed by atoms with Gasteiger partial charge in [0.15, 0.2) is 11.5 Å². The Morgan fingerprint density at radius 3 is 2.56 bits per heavy atom. The van der Waals surface area contributed by atoms with E-state index >= 15 is 0 Å². The van der Waals surface area contributed by atoms with Gasteiger partial charge in [-0.25, -0.2) is 4.39 Å². The lowest BCUT2D eigenvalue weighted by Crippen LogP contribution is -2.39. The highest BCUT2D eigenvalue weighted by atomic mass is 19.1. The maximum absolute atomic E-state index is 13.0. The molecule has 1 amide bonds. The van der Waals surface area contributed by atoms with Crippen LogP contribution in [0, 0.1) is 5.82 Å². The fourth-order valence-electron chi connectivity index (χ4n) is 2.58. The number of ether oxygens (including phenoxy) is 2. The number of hydrogen-bond acceptors (Lipinski definition) is 4. The molecule has 0 aliphatic carbocycles. The van der Waals surface area contributed by atoms with Crippen molar-refractivity contribution in [1.82, 2.24) is 4.90 Å². The molecule has 0 saturated carbocycles. The first-order valence-corrected chi connectivity index (χ1v) is 8.18. The maximum Gasteiger partial charge on any atom is 0.241 e. The van der Waals surface area contributed by atoms with E-state index in [0.29, 0.717) is 36.9 Å². The average molecular weight is 344 g/mol. The first-order valence-electron chi connectivity index (χ1n) is 8.18. The van der Waals surface area contributed by atoms with Gasteiger partial charge in [-0.05, 0) is 43.8 Å². The Labute approximate surface area is 146 Å². The molecular weight excluding hydrogens is 323 g/mol. The molecule has 2 aromatic rings. The van der Waals surface area contributed by atoms with Crippen molar-refractivity contribution >= 4 is 11.6 Å². The molecule has 0 radical (unpaired) electrons. The summed E-state index contributed by atoms with van der Waals surface area (Å²) in [6, 6.07) is 11.3. The minimum atomic E-state index is -0.349. The highest BCUT2D eigenvalue weighted by molar-refractivity contribution is 5.94. The third kappa shape index (κ3) is 4.28. The van der Waals surface area contributed by atoms with Gasteiger partial charge in [0.1, 0.15) is 19.0 Å². The van der Waals surface area contributed by atoms with E-state index in [-0.39, 0.29) is 17.8 Å². The molecule has 1 aliphatic heterocycles. The summed E-state index contributed by atoms with van der Waals surface area (Å²) in [5.74, 6) is 0.930. The lowest BCUT2D eigenvalue weighted by Gasteiger charge is -2.24. The number of halogens is 1. The van der Waals surface area contributed by atoms with E-state index in [2.05, 4.69) is 5.32 Å². The Morgan fingerprint density at radius 1 is 1.16 bits per heavy atom. The van der Waals surface area contributed by atoms with Crippen molar-refractivity contribution in [3.05, 3.63) is 53.8 Å². The quantitative estimate of drug-likeness (QED) is 0.906. The molecule has 6 heteroatoms. The first kappa shape index (κ1) is 17.2. The van der Waals surface area contributed by atoms with Crippen molar-refractivity contribution in [2.75, 3.05) is 25.6 Å². The minimum Gasteiger partial charge on any atom is -0.486 e. The topological polar surface area (TPSA) is 50.8 Å². The smallest absolute Gasteiger partial charge is 0.241 e. The fourth-order valence-corrected chi connectivity index (χ4v) is 2.58. The summed E-state index contributed by atoms with van der Waals surface area (Å²) >= 11 is 0. The number of nitrogens with one attached hydrogen (secondary N) is 1. The van der Waals surface area contributed by atoms with Gasteiger partial charge in [-0.3, -0.25) is 9.69 Å². The van der Waals surface area contributed by atoms with Gasteiger partial charge >= 0.3 is 0 Å². The van der Waals surface area contributed by atoms with Crippen LogP contribution in [0.5, 0.6) is 11.5 Å². The zero-order valence-corrected chi connectivity index (χ0v) is 14.3. The second kappa shape index (κ2) is 7.53. The molecule has 1 atom stereocenters. The molecular formula is C19H21FN2O3. The van der Waals surface area contributed by atoms with Crippen LogP contribution in [0.15, 0.2) is 42.5 Å². The lowest BCUT2D eigenvalue weighted by molar-refractivity contribution is -0.120. The molecule has 3 rings (SSSR count). The summed E-state index contributed by atoms with van der Waals surface area (Å²) in [5.41, 5.74) is 1.61. The van der Waals surface area contributed by atoms with Crippen molar-refractivity contribution in [3.8, 4) is 11.5 Å². The van der Waals surface area contributed by atoms with E-state index in [1.54, 1.807) is 30.3 Å². The Morgan fingerprint density at radius 2 is 1.84 bits per heavy atom. The summed E-state index contributed by atoms with van der Waals surface area (Å²) in [6.07, 6.45) is 0. The molecule has 2 aromatic carbocycles. The largest absolute Gasteiger partial charge is 0.486 e. The SMILES string of the molecule is C[C@H](C(=O)Nc1ccc2c(c1)OCCO2)N(C)Cc1ccc(F)cc1. The predicted octanol–water partition coefficient (Wildman–Crippen LogP) is 3.06. The summed E-state index contributed by atoms with van der Waals surface area (Å²) in [6.45, 7) is 3.41. The van der Waals surface area contributed by atoms with Gasteiger partial charge in [-0.2, -0.15) is 0 Å². The number of hydrogen-bond donors (Lipinski definition) is 1. The monoisotopic (exact) mass is 344 g/mol. The molecule has 0 fully saturated rings. The van der Waals surface area contributed by atoms with Crippen LogP contribution >= 0.6 is 0 Å². The molecule has 0 spiro atoms. The maximum atomic E-state index is 13.0. The molecule has 5 nitrogen and oxygen atoms in total. The summed E-state index contributed by atoms with van der Waals surface area (Å²) in [5, 5.41) is 2.89. The third-order valence-electron chi connectivity index (χ3n) is 4.20. The average Bonchev–Trinajstić information content (AvgIpc) is 2.62. The molecule has 1 heterocycles. The van der Waals surface area contributed by atoms with Crippen LogP contribution in [0.1, 0.15) is 12.5 Å². The van der Waals surface area contributed by atoms with Gasteiger partial charge in [0, 0.05) is 18.3 Å². The van der Waals surface area contributed by atoms with Gasteiger partial charge in [0.25, 0.3) is 0 Å². The highest BCUT2D eigenvalue weighted by Gasteiger charge is 2.19. The molecule has 0 aromatic heterocycles. The Bertz CT molecular complexity index is 749. The highest BCUT2D eigenvalue weighted by Crippen LogP contribution is 2.32. The Hall–Kier alpha value is -2.60. The van der Waals surface area contributed by atoms with Gasteiger partial charge in [-0.15, -0.1) is 0 Å². The summed E-state index contributed by atoms with van der Waals surface area (Å²) < 4.78 is 24.0. The number of fused-ring (bicyclic) bond motifs is 1. The number of amides is 1. The number of nitrogens with zero attached hydrogens (tertiary/aromatic N) is 1. The number of rotatable bonds is 5. The van der Waals surface area contributed by atoms with Crippen molar-refractivity contribution in [1.29, 1.82) is 0 Å². The molecule has 0 saturated heterocycles. The number of likely N-dealkylation sites (N-methyl/N-ethyl adjacent to an activating group) is 1. The molecule has 1 N–H and O–H groups in total. The first-order chi connectivity index (χ1) is 12.0. The number of benzene rings is 2. The Kier molecular flexibility index (Phi) is 5.19. The van der Waals surface area contributed by atoms with Gasteiger partial charge in [0.2, 0.25) is 5.91 Å². The van der Waals surface area contributed by atoms with E-state index in [9.17, 15) is 9.18 Å². The van der Waals surface area contributed by atoms with Gasteiger partial charge < -0.3 is 14.8 Å². The van der Waals surface area contributed by atoms with Crippen LogP contribution in [0.4, 0.5) is 10.1 Å². The van der Waals surface area contributed by atoms with Crippen LogP contribution in [0.3, 0.4) is 0 Å².